The molecule has 0 aliphatic heterocycles. The summed E-state index contributed by atoms with van der Waals surface area (Å²) in [6.45, 7) is 0.520. The van der Waals surface area contributed by atoms with E-state index in [2.05, 4.69) is 5.32 Å². The Morgan fingerprint density at radius 2 is 1.83 bits per heavy atom. The molecule has 1 aromatic carbocycles. The number of nitrogens with one attached hydrogen (secondary N) is 1. The maximum absolute atomic E-state index is 14.3. The van der Waals surface area contributed by atoms with E-state index in [0.717, 1.165) is 44.1 Å². The van der Waals surface area contributed by atoms with E-state index in [-0.39, 0.29) is 29.2 Å². The lowest BCUT2D eigenvalue weighted by Gasteiger charge is -2.32. The summed E-state index contributed by atoms with van der Waals surface area (Å²) in [5.41, 5.74) is 0.492. The fourth-order valence-corrected chi connectivity index (χ4v) is 4.22. The van der Waals surface area contributed by atoms with E-state index in [4.69, 9.17) is 0 Å². The summed E-state index contributed by atoms with van der Waals surface area (Å²) in [7, 11) is 0. The number of amides is 1. The first kappa shape index (κ1) is 16.4. The minimum atomic E-state index is -0.255. The second kappa shape index (κ2) is 7.00. The normalized spacial score (nSPS) is 26.9. The predicted octanol–water partition coefficient (Wildman–Crippen LogP) is 3.30. The summed E-state index contributed by atoms with van der Waals surface area (Å²) in [4.78, 5) is 12.4. The molecule has 0 radical (unpaired) electrons. The molecule has 0 heterocycles. The third-order valence-electron chi connectivity index (χ3n) is 5.67. The molecule has 0 atom stereocenters. The number of aliphatic hydroxyl groups is 1. The van der Waals surface area contributed by atoms with Crippen molar-refractivity contribution in [3.05, 3.63) is 35.6 Å². The number of halogens is 1. The summed E-state index contributed by atoms with van der Waals surface area (Å²) in [6, 6.07) is 6.97. The first-order chi connectivity index (χ1) is 11.1. The van der Waals surface area contributed by atoms with Gasteiger partial charge < -0.3 is 10.4 Å². The lowest BCUT2D eigenvalue weighted by molar-refractivity contribution is -0.126. The molecular weight excluding hydrogens is 293 g/mol. The molecule has 4 heteroatoms. The zero-order chi connectivity index (χ0) is 16.3. The monoisotopic (exact) mass is 319 g/mol. The SMILES string of the molecule is O=C(NCC1(c2ccccc2F)CCCC1)C1CCC(O)CC1. The van der Waals surface area contributed by atoms with Crippen molar-refractivity contribution in [2.75, 3.05) is 6.54 Å². The average Bonchev–Trinajstić information content (AvgIpc) is 3.04. The van der Waals surface area contributed by atoms with Gasteiger partial charge in [0.2, 0.25) is 5.91 Å². The number of carbonyl (C=O) groups excluding carboxylic acids is 1. The Hall–Kier alpha value is -1.42. The van der Waals surface area contributed by atoms with Gasteiger partial charge in [0, 0.05) is 17.9 Å². The molecule has 126 valence electrons. The maximum Gasteiger partial charge on any atom is 0.223 e. The second-order valence-electron chi connectivity index (χ2n) is 7.19. The standard InChI is InChI=1S/C19H26FNO2/c20-17-6-2-1-5-16(17)19(11-3-4-12-19)13-21-18(23)14-7-9-15(22)10-8-14/h1-2,5-6,14-15,22H,3-4,7-13H2,(H,21,23). The Morgan fingerprint density at radius 1 is 1.17 bits per heavy atom. The van der Waals surface area contributed by atoms with Gasteiger partial charge in [-0.05, 0) is 50.2 Å². The molecular formula is C19H26FNO2. The molecule has 2 N–H and O–H groups in total. The summed E-state index contributed by atoms with van der Waals surface area (Å²) >= 11 is 0. The summed E-state index contributed by atoms with van der Waals surface area (Å²) < 4.78 is 14.3. The van der Waals surface area contributed by atoms with Gasteiger partial charge in [-0.1, -0.05) is 31.0 Å². The Labute approximate surface area is 137 Å². The van der Waals surface area contributed by atoms with E-state index in [1.54, 1.807) is 6.07 Å². The first-order valence-corrected chi connectivity index (χ1v) is 8.81. The minimum Gasteiger partial charge on any atom is -0.393 e. The molecule has 2 fully saturated rings. The third-order valence-corrected chi connectivity index (χ3v) is 5.67. The fourth-order valence-electron chi connectivity index (χ4n) is 4.22. The van der Waals surface area contributed by atoms with Crippen LogP contribution in [0.5, 0.6) is 0 Å². The topological polar surface area (TPSA) is 49.3 Å². The number of hydrogen-bond donors (Lipinski definition) is 2. The fraction of sp³-hybridized carbons (Fsp3) is 0.632. The first-order valence-electron chi connectivity index (χ1n) is 8.81. The van der Waals surface area contributed by atoms with E-state index < -0.39 is 0 Å². The molecule has 2 saturated carbocycles. The highest BCUT2D eigenvalue weighted by molar-refractivity contribution is 5.78. The molecule has 0 spiro atoms. The number of rotatable bonds is 4. The van der Waals surface area contributed by atoms with E-state index in [1.165, 1.54) is 6.07 Å². The van der Waals surface area contributed by atoms with Crippen molar-refractivity contribution in [3.8, 4) is 0 Å². The molecule has 2 aliphatic carbocycles. The highest BCUT2D eigenvalue weighted by Gasteiger charge is 2.38. The number of carbonyl (C=O) groups is 1. The van der Waals surface area contributed by atoms with Crippen LogP contribution in [0.4, 0.5) is 4.39 Å². The quantitative estimate of drug-likeness (QED) is 0.894. The predicted molar refractivity (Wildman–Crippen MR) is 87.5 cm³/mol. The molecule has 0 aromatic heterocycles. The van der Waals surface area contributed by atoms with Crippen molar-refractivity contribution in [1.29, 1.82) is 0 Å². The van der Waals surface area contributed by atoms with Gasteiger partial charge in [-0.15, -0.1) is 0 Å². The van der Waals surface area contributed by atoms with Crippen molar-refractivity contribution < 1.29 is 14.3 Å². The van der Waals surface area contributed by atoms with Crippen molar-refractivity contribution in [1.82, 2.24) is 5.32 Å². The van der Waals surface area contributed by atoms with Crippen LogP contribution in [-0.2, 0) is 10.2 Å². The van der Waals surface area contributed by atoms with Crippen LogP contribution in [-0.4, -0.2) is 23.7 Å². The van der Waals surface area contributed by atoms with Crippen LogP contribution in [0.15, 0.2) is 24.3 Å². The lowest BCUT2D eigenvalue weighted by atomic mass is 9.78. The largest absolute Gasteiger partial charge is 0.393 e. The van der Waals surface area contributed by atoms with E-state index >= 15 is 0 Å². The molecule has 0 bridgehead atoms. The van der Waals surface area contributed by atoms with E-state index in [9.17, 15) is 14.3 Å². The molecule has 0 saturated heterocycles. The molecule has 3 rings (SSSR count). The third kappa shape index (κ3) is 3.57. The van der Waals surface area contributed by atoms with Gasteiger partial charge in [0.25, 0.3) is 0 Å². The highest BCUT2D eigenvalue weighted by Crippen LogP contribution is 2.41. The van der Waals surface area contributed by atoms with Crippen LogP contribution in [0.3, 0.4) is 0 Å². The Balaban J connectivity index is 1.66. The van der Waals surface area contributed by atoms with Crippen LogP contribution >= 0.6 is 0 Å². The zero-order valence-corrected chi connectivity index (χ0v) is 13.6. The Bertz CT molecular complexity index is 546. The van der Waals surface area contributed by atoms with Crippen LogP contribution in [0, 0.1) is 11.7 Å². The Morgan fingerprint density at radius 3 is 2.48 bits per heavy atom. The zero-order valence-electron chi connectivity index (χ0n) is 13.6. The second-order valence-corrected chi connectivity index (χ2v) is 7.19. The van der Waals surface area contributed by atoms with Crippen molar-refractivity contribution >= 4 is 5.91 Å². The van der Waals surface area contributed by atoms with E-state index in [1.807, 2.05) is 12.1 Å². The average molecular weight is 319 g/mol. The molecule has 3 nitrogen and oxygen atoms in total. The van der Waals surface area contributed by atoms with Crippen molar-refractivity contribution in [2.24, 2.45) is 5.92 Å². The lowest BCUT2D eigenvalue weighted by Crippen LogP contribution is -2.42. The molecule has 23 heavy (non-hydrogen) atoms. The van der Waals surface area contributed by atoms with Crippen LogP contribution < -0.4 is 5.32 Å². The minimum absolute atomic E-state index is 0.00234. The number of benzene rings is 1. The highest BCUT2D eigenvalue weighted by atomic mass is 19.1. The van der Waals surface area contributed by atoms with Crippen molar-refractivity contribution in [2.45, 2.75) is 62.9 Å². The van der Waals surface area contributed by atoms with Gasteiger partial charge in [-0.2, -0.15) is 0 Å². The Kier molecular flexibility index (Phi) is 5.00. The van der Waals surface area contributed by atoms with Gasteiger partial charge in [0.15, 0.2) is 0 Å². The molecule has 2 aliphatic rings. The number of hydrogen-bond acceptors (Lipinski definition) is 2. The van der Waals surface area contributed by atoms with E-state index in [0.29, 0.717) is 19.4 Å². The molecule has 1 amide bonds. The van der Waals surface area contributed by atoms with Gasteiger partial charge in [-0.25, -0.2) is 4.39 Å². The van der Waals surface area contributed by atoms with Gasteiger partial charge in [0.05, 0.1) is 6.10 Å². The van der Waals surface area contributed by atoms with Crippen LogP contribution in [0.2, 0.25) is 0 Å². The number of aliphatic hydroxyl groups excluding tert-OH is 1. The molecule has 1 aromatic rings. The summed E-state index contributed by atoms with van der Waals surface area (Å²) in [5, 5.41) is 12.6. The van der Waals surface area contributed by atoms with Gasteiger partial charge in [-0.3, -0.25) is 4.79 Å². The summed E-state index contributed by atoms with van der Waals surface area (Å²) in [6.07, 6.45) is 6.68. The van der Waals surface area contributed by atoms with Crippen LogP contribution in [0.25, 0.3) is 0 Å². The smallest absolute Gasteiger partial charge is 0.223 e. The van der Waals surface area contributed by atoms with Gasteiger partial charge >= 0.3 is 0 Å². The van der Waals surface area contributed by atoms with Gasteiger partial charge in [0.1, 0.15) is 5.82 Å². The summed E-state index contributed by atoms with van der Waals surface area (Å²) in [5.74, 6) is -0.0959. The maximum atomic E-state index is 14.3. The van der Waals surface area contributed by atoms with Crippen LogP contribution in [0.1, 0.15) is 56.9 Å². The van der Waals surface area contributed by atoms with Crippen molar-refractivity contribution in [3.63, 3.8) is 0 Å². The molecule has 0 unspecified atom stereocenters.